The van der Waals surface area contributed by atoms with Crippen LogP contribution in [0.25, 0.3) is 0 Å². The molecule has 100 valence electrons. The van der Waals surface area contributed by atoms with E-state index in [2.05, 4.69) is 0 Å². The summed E-state index contributed by atoms with van der Waals surface area (Å²) in [5.41, 5.74) is 1.07. The Morgan fingerprint density at radius 2 is 2.44 bits per heavy atom. The maximum Gasteiger partial charge on any atom is 0.224 e. The van der Waals surface area contributed by atoms with Gasteiger partial charge in [-0.25, -0.2) is 0 Å². The summed E-state index contributed by atoms with van der Waals surface area (Å²) in [7, 11) is 0. The summed E-state index contributed by atoms with van der Waals surface area (Å²) >= 11 is 3.90. The van der Waals surface area contributed by atoms with Crippen LogP contribution in [0.5, 0.6) is 0 Å². The van der Waals surface area contributed by atoms with Crippen molar-refractivity contribution in [1.82, 2.24) is 4.90 Å². The zero-order valence-electron chi connectivity index (χ0n) is 10.6. The summed E-state index contributed by atoms with van der Waals surface area (Å²) < 4.78 is 5.04. The second-order valence-corrected chi connectivity index (χ2v) is 6.87. The van der Waals surface area contributed by atoms with E-state index in [0.717, 1.165) is 17.9 Å². The average Bonchev–Trinajstić information content (AvgIpc) is 2.90. The molecule has 1 aromatic heterocycles. The van der Waals surface area contributed by atoms with Gasteiger partial charge in [0.1, 0.15) is 0 Å². The highest BCUT2D eigenvalue weighted by molar-refractivity contribution is 8.06. The average molecular weight is 285 g/mol. The van der Waals surface area contributed by atoms with E-state index in [9.17, 15) is 4.79 Å². The lowest BCUT2D eigenvalue weighted by atomic mass is 10.2. The van der Waals surface area contributed by atoms with Crippen molar-refractivity contribution in [3.8, 4) is 0 Å². The fourth-order valence-corrected chi connectivity index (χ4v) is 4.63. The fraction of sp³-hybridized carbons (Fsp3) is 0.615. The maximum atomic E-state index is 12.2. The molecule has 1 unspecified atom stereocenters. The molecule has 1 aliphatic rings. The standard InChI is InChI=1S/C13H19NO2S2/c1-2-14(8-11-3-4-16-9-11)13(15)7-12-10-17-5-6-18-12/h3-4,9,12H,2,5-8,10H2,1H3. The molecular formula is C13H19NO2S2. The van der Waals surface area contributed by atoms with Gasteiger partial charge in [0, 0.05) is 47.6 Å². The molecule has 0 radical (unpaired) electrons. The van der Waals surface area contributed by atoms with E-state index in [-0.39, 0.29) is 5.91 Å². The molecule has 2 rings (SSSR count). The Bertz CT molecular complexity index is 361. The third-order valence-electron chi connectivity index (χ3n) is 2.98. The van der Waals surface area contributed by atoms with Crippen LogP contribution in [0.15, 0.2) is 23.0 Å². The van der Waals surface area contributed by atoms with Crippen molar-refractivity contribution in [2.24, 2.45) is 0 Å². The van der Waals surface area contributed by atoms with Crippen LogP contribution in [0, 0.1) is 0 Å². The lowest BCUT2D eigenvalue weighted by Crippen LogP contribution is -2.33. The molecule has 1 aromatic rings. The third kappa shape index (κ3) is 3.99. The van der Waals surface area contributed by atoms with Gasteiger partial charge in [-0.3, -0.25) is 4.79 Å². The van der Waals surface area contributed by atoms with Gasteiger partial charge >= 0.3 is 0 Å². The predicted octanol–water partition coefficient (Wildman–Crippen LogP) is 2.87. The summed E-state index contributed by atoms with van der Waals surface area (Å²) in [6.07, 6.45) is 4.03. The molecule has 2 heterocycles. The number of hydrogen-bond acceptors (Lipinski definition) is 4. The normalized spacial score (nSPS) is 19.7. The van der Waals surface area contributed by atoms with Gasteiger partial charge in [0.15, 0.2) is 0 Å². The first-order valence-electron chi connectivity index (χ1n) is 6.27. The smallest absolute Gasteiger partial charge is 0.224 e. The van der Waals surface area contributed by atoms with E-state index in [4.69, 9.17) is 4.42 Å². The summed E-state index contributed by atoms with van der Waals surface area (Å²) in [6, 6.07) is 1.92. The summed E-state index contributed by atoms with van der Waals surface area (Å²) in [4.78, 5) is 14.1. The van der Waals surface area contributed by atoms with Crippen LogP contribution >= 0.6 is 23.5 Å². The summed E-state index contributed by atoms with van der Waals surface area (Å²) in [5, 5.41) is 0.495. The van der Waals surface area contributed by atoms with Crippen molar-refractivity contribution in [3.63, 3.8) is 0 Å². The van der Waals surface area contributed by atoms with Gasteiger partial charge < -0.3 is 9.32 Å². The number of nitrogens with zero attached hydrogens (tertiary/aromatic N) is 1. The lowest BCUT2D eigenvalue weighted by molar-refractivity contribution is -0.131. The molecule has 0 bridgehead atoms. The molecule has 5 heteroatoms. The monoisotopic (exact) mass is 285 g/mol. The van der Waals surface area contributed by atoms with Crippen molar-refractivity contribution in [2.75, 3.05) is 23.8 Å². The van der Waals surface area contributed by atoms with E-state index >= 15 is 0 Å². The Hall–Kier alpha value is -0.550. The van der Waals surface area contributed by atoms with E-state index in [1.54, 1.807) is 12.5 Å². The highest BCUT2D eigenvalue weighted by atomic mass is 32.2. The molecule has 1 saturated heterocycles. The van der Waals surface area contributed by atoms with Crippen molar-refractivity contribution in [3.05, 3.63) is 24.2 Å². The van der Waals surface area contributed by atoms with Crippen LogP contribution in [0.2, 0.25) is 0 Å². The first kappa shape index (κ1) is 13.9. The molecule has 0 saturated carbocycles. The molecule has 1 fully saturated rings. The minimum Gasteiger partial charge on any atom is -0.472 e. The van der Waals surface area contributed by atoms with Gasteiger partial charge in [0.2, 0.25) is 5.91 Å². The lowest BCUT2D eigenvalue weighted by Gasteiger charge is -2.25. The SMILES string of the molecule is CCN(Cc1ccoc1)C(=O)CC1CSCCS1. The number of rotatable bonds is 5. The molecule has 18 heavy (non-hydrogen) atoms. The van der Waals surface area contributed by atoms with Crippen LogP contribution in [-0.4, -0.2) is 39.9 Å². The largest absolute Gasteiger partial charge is 0.472 e. The first-order valence-corrected chi connectivity index (χ1v) is 8.48. The predicted molar refractivity (Wildman–Crippen MR) is 78.0 cm³/mol. The number of thioether (sulfide) groups is 2. The minimum atomic E-state index is 0.263. The van der Waals surface area contributed by atoms with Crippen molar-refractivity contribution < 1.29 is 9.21 Å². The third-order valence-corrected chi connectivity index (χ3v) is 5.82. The van der Waals surface area contributed by atoms with Crippen molar-refractivity contribution in [2.45, 2.75) is 25.1 Å². The van der Waals surface area contributed by atoms with Gasteiger partial charge in [-0.2, -0.15) is 23.5 Å². The summed E-state index contributed by atoms with van der Waals surface area (Å²) in [6.45, 7) is 3.45. The fourth-order valence-electron chi connectivity index (χ4n) is 1.96. The van der Waals surface area contributed by atoms with E-state index < -0.39 is 0 Å². The molecule has 0 aliphatic carbocycles. The van der Waals surface area contributed by atoms with Gasteiger partial charge in [-0.1, -0.05) is 0 Å². The highest BCUT2D eigenvalue weighted by Gasteiger charge is 2.21. The summed E-state index contributed by atoms with van der Waals surface area (Å²) in [5.74, 6) is 3.77. The van der Waals surface area contributed by atoms with Crippen molar-refractivity contribution >= 4 is 29.4 Å². The molecular weight excluding hydrogens is 266 g/mol. The molecule has 1 atom stereocenters. The van der Waals surface area contributed by atoms with Crippen LogP contribution in [0.3, 0.4) is 0 Å². The Balaban J connectivity index is 1.84. The Labute approximate surface area is 117 Å². The van der Waals surface area contributed by atoms with Crippen molar-refractivity contribution in [1.29, 1.82) is 0 Å². The van der Waals surface area contributed by atoms with Gasteiger partial charge in [-0.05, 0) is 13.0 Å². The van der Waals surface area contributed by atoms with Crippen LogP contribution in [0.1, 0.15) is 18.9 Å². The number of furan rings is 1. The number of amides is 1. The highest BCUT2D eigenvalue weighted by Crippen LogP contribution is 2.27. The van der Waals surface area contributed by atoms with Gasteiger partial charge in [0.05, 0.1) is 12.5 Å². The topological polar surface area (TPSA) is 33.5 Å². The Kier molecular flexibility index (Phi) is 5.50. The van der Waals surface area contributed by atoms with E-state index in [1.165, 1.54) is 11.5 Å². The van der Waals surface area contributed by atoms with Crippen LogP contribution in [0.4, 0.5) is 0 Å². The van der Waals surface area contributed by atoms with Gasteiger partial charge in [-0.15, -0.1) is 0 Å². The number of hydrogen-bond donors (Lipinski definition) is 0. The van der Waals surface area contributed by atoms with E-state index in [1.807, 2.05) is 41.4 Å². The zero-order chi connectivity index (χ0) is 12.8. The Morgan fingerprint density at radius 1 is 1.56 bits per heavy atom. The molecule has 0 N–H and O–H groups in total. The second-order valence-electron chi connectivity index (χ2n) is 4.31. The molecule has 0 aromatic carbocycles. The van der Waals surface area contributed by atoms with Gasteiger partial charge in [0.25, 0.3) is 0 Å². The molecule has 1 amide bonds. The van der Waals surface area contributed by atoms with Crippen LogP contribution in [-0.2, 0) is 11.3 Å². The molecule has 1 aliphatic heterocycles. The second kappa shape index (κ2) is 7.14. The zero-order valence-corrected chi connectivity index (χ0v) is 12.3. The van der Waals surface area contributed by atoms with Crippen LogP contribution < -0.4 is 0 Å². The molecule has 0 spiro atoms. The maximum absolute atomic E-state index is 12.2. The molecule has 3 nitrogen and oxygen atoms in total. The number of carbonyl (C=O) groups excluding carboxylic acids is 1. The minimum absolute atomic E-state index is 0.263. The quantitative estimate of drug-likeness (QED) is 0.833. The first-order chi connectivity index (χ1) is 8.79. The number of carbonyl (C=O) groups is 1. The Morgan fingerprint density at radius 3 is 3.06 bits per heavy atom. The van der Waals surface area contributed by atoms with E-state index in [0.29, 0.717) is 18.2 Å².